The second-order valence-electron chi connectivity index (χ2n) is 6.03. The van der Waals surface area contributed by atoms with Crippen molar-refractivity contribution in [3.63, 3.8) is 0 Å². The molecule has 0 N–H and O–H groups in total. The summed E-state index contributed by atoms with van der Waals surface area (Å²) in [6, 6.07) is 6.90. The Bertz CT molecular complexity index is 573. The number of nitrogens with zero attached hydrogens (tertiary/aromatic N) is 1. The van der Waals surface area contributed by atoms with Crippen molar-refractivity contribution < 1.29 is 8.42 Å². The van der Waals surface area contributed by atoms with E-state index in [0.29, 0.717) is 11.4 Å². The minimum Gasteiger partial charge on any atom is -0.207 e. The van der Waals surface area contributed by atoms with Crippen LogP contribution >= 0.6 is 0 Å². The molecule has 0 aromatic heterocycles. The third-order valence-electron chi connectivity index (χ3n) is 3.62. The second-order valence-corrected chi connectivity index (χ2v) is 7.93. The lowest BCUT2D eigenvalue weighted by molar-refractivity contribution is 0.373. The number of aryl methyl sites for hydroxylation is 1. The van der Waals surface area contributed by atoms with E-state index in [-0.39, 0.29) is 11.5 Å². The van der Waals surface area contributed by atoms with Crippen LogP contribution in [0, 0.1) is 12.3 Å². The van der Waals surface area contributed by atoms with E-state index in [1.165, 1.54) is 0 Å². The van der Waals surface area contributed by atoms with Crippen molar-refractivity contribution in [2.24, 2.45) is 5.41 Å². The van der Waals surface area contributed by atoms with Gasteiger partial charge in [-0.3, -0.25) is 0 Å². The molecule has 0 spiro atoms. The predicted molar refractivity (Wildman–Crippen MR) is 77.5 cm³/mol. The van der Waals surface area contributed by atoms with E-state index in [1.807, 2.05) is 19.1 Å². The zero-order valence-electron chi connectivity index (χ0n) is 11.8. The summed E-state index contributed by atoms with van der Waals surface area (Å²) in [5.74, 6) is 0. The molecule has 4 heteroatoms. The molecule has 1 aliphatic rings. The third kappa shape index (κ3) is 2.74. The van der Waals surface area contributed by atoms with Gasteiger partial charge in [0.25, 0.3) is 0 Å². The zero-order chi connectivity index (χ0) is 14.3. The van der Waals surface area contributed by atoms with Gasteiger partial charge >= 0.3 is 0 Å². The van der Waals surface area contributed by atoms with Gasteiger partial charge in [0.05, 0.1) is 4.90 Å². The van der Waals surface area contributed by atoms with Crippen molar-refractivity contribution >= 4 is 10.0 Å². The van der Waals surface area contributed by atoms with Gasteiger partial charge in [-0.2, -0.15) is 4.31 Å². The summed E-state index contributed by atoms with van der Waals surface area (Å²) >= 11 is 0. The summed E-state index contributed by atoms with van der Waals surface area (Å²) in [6.45, 7) is 10.4. The Morgan fingerprint density at radius 1 is 1.32 bits per heavy atom. The van der Waals surface area contributed by atoms with E-state index in [2.05, 4.69) is 20.4 Å². The molecule has 1 heterocycles. The summed E-state index contributed by atoms with van der Waals surface area (Å²) in [5, 5.41) is 0. The monoisotopic (exact) mass is 279 g/mol. The summed E-state index contributed by atoms with van der Waals surface area (Å²) in [5.41, 5.74) is 1.05. The Labute approximate surface area is 116 Å². The van der Waals surface area contributed by atoms with E-state index in [1.54, 1.807) is 22.5 Å². The van der Waals surface area contributed by atoms with E-state index in [4.69, 9.17) is 0 Å². The lowest BCUT2D eigenvalue weighted by Gasteiger charge is -2.22. The Kier molecular flexibility index (Phi) is 3.58. The van der Waals surface area contributed by atoms with Crippen molar-refractivity contribution in [2.45, 2.75) is 38.1 Å². The fourth-order valence-corrected chi connectivity index (χ4v) is 4.37. The van der Waals surface area contributed by atoms with Crippen LogP contribution in [0.15, 0.2) is 41.8 Å². The fraction of sp³-hybridized carbons (Fsp3) is 0.467. The van der Waals surface area contributed by atoms with Gasteiger partial charge in [0.2, 0.25) is 10.0 Å². The number of hydrogen-bond donors (Lipinski definition) is 0. The first kappa shape index (κ1) is 14.3. The predicted octanol–water partition coefficient (Wildman–Crippen LogP) is 2.97. The number of hydrogen-bond acceptors (Lipinski definition) is 2. The molecule has 1 saturated heterocycles. The molecule has 1 aromatic carbocycles. The molecule has 3 nitrogen and oxygen atoms in total. The van der Waals surface area contributed by atoms with Gasteiger partial charge in [0.15, 0.2) is 0 Å². The van der Waals surface area contributed by atoms with E-state index in [0.717, 1.165) is 12.0 Å². The highest BCUT2D eigenvalue weighted by molar-refractivity contribution is 7.89. The average Bonchev–Trinajstić information content (AvgIpc) is 2.66. The van der Waals surface area contributed by atoms with Crippen LogP contribution in [0.4, 0.5) is 0 Å². The topological polar surface area (TPSA) is 37.4 Å². The SMILES string of the molecule is C=CC1CC(C)(C)CN1S(=O)(=O)c1ccc(C)cc1. The summed E-state index contributed by atoms with van der Waals surface area (Å²) < 4.78 is 26.9. The van der Waals surface area contributed by atoms with Gasteiger partial charge in [0.1, 0.15) is 0 Å². The maximum Gasteiger partial charge on any atom is 0.243 e. The van der Waals surface area contributed by atoms with Gasteiger partial charge in [-0.05, 0) is 30.9 Å². The minimum absolute atomic E-state index is 0.00335. The number of benzene rings is 1. The molecule has 1 aromatic rings. The minimum atomic E-state index is -3.43. The molecule has 0 radical (unpaired) electrons. The van der Waals surface area contributed by atoms with Crippen LogP contribution < -0.4 is 0 Å². The molecule has 1 aliphatic heterocycles. The third-order valence-corrected chi connectivity index (χ3v) is 5.50. The molecule has 0 saturated carbocycles. The number of rotatable bonds is 3. The number of sulfonamides is 1. The first-order valence-electron chi connectivity index (χ1n) is 6.47. The van der Waals surface area contributed by atoms with Crippen molar-refractivity contribution in [2.75, 3.05) is 6.54 Å². The van der Waals surface area contributed by atoms with Crippen molar-refractivity contribution in [3.05, 3.63) is 42.5 Å². The van der Waals surface area contributed by atoms with Gasteiger partial charge in [-0.15, -0.1) is 6.58 Å². The maximum absolute atomic E-state index is 12.7. The van der Waals surface area contributed by atoms with E-state index < -0.39 is 10.0 Å². The van der Waals surface area contributed by atoms with Crippen molar-refractivity contribution in [1.82, 2.24) is 4.31 Å². The zero-order valence-corrected chi connectivity index (χ0v) is 12.6. The molecule has 19 heavy (non-hydrogen) atoms. The smallest absolute Gasteiger partial charge is 0.207 e. The maximum atomic E-state index is 12.7. The van der Waals surface area contributed by atoms with Crippen molar-refractivity contribution in [3.8, 4) is 0 Å². The largest absolute Gasteiger partial charge is 0.243 e. The van der Waals surface area contributed by atoms with Crippen LogP contribution in [0.3, 0.4) is 0 Å². The highest BCUT2D eigenvalue weighted by Gasteiger charge is 2.42. The molecule has 1 unspecified atom stereocenters. The van der Waals surface area contributed by atoms with Gasteiger partial charge < -0.3 is 0 Å². The summed E-state index contributed by atoms with van der Waals surface area (Å²) in [7, 11) is -3.43. The van der Waals surface area contributed by atoms with E-state index in [9.17, 15) is 8.42 Å². The van der Waals surface area contributed by atoms with Gasteiger partial charge in [0, 0.05) is 12.6 Å². The van der Waals surface area contributed by atoms with Crippen molar-refractivity contribution in [1.29, 1.82) is 0 Å². The average molecular weight is 279 g/mol. The van der Waals surface area contributed by atoms with E-state index >= 15 is 0 Å². The highest BCUT2D eigenvalue weighted by Crippen LogP contribution is 2.37. The first-order chi connectivity index (χ1) is 8.76. The Balaban J connectivity index is 2.39. The van der Waals surface area contributed by atoms with Gasteiger partial charge in [-0.1, -0.05) is 37.6 Å². The Morgan fingerprint density at radius 2 is 1.89 bits per heavy atom. The normalized spacial score (nSPS) is 23.4. The molecule has 2 rings (SSSR count). The molecule has 1 fully saturated rings. The standard InChI is InChI=1S/C15H21NO2S/c1-5-13-10-15(3,4)11-16(13)19(17,18)14-8-6-12(2)7-9-14/h5-9,13H,1,10-11H2,2-4H3. The van der Waals surface area contributed by atoms with Crippen LogP contribution in [-0.2, 0) is 10.0 Å². The molecule has 0 bridgehead atoms. The first-order valence-corrected chi connectivity index (χ1v) is 7.91. The van der Waals surface area contributed by atoms with Crippen LogP contribution in [0.5, 0.6) is 0 Å². The molecule has 0 amide bonds. The quantitative estimate of drug-likeness (QED) is 0.798. The van der Waals surface area contributed by atoms with Crippen LogP contribution in [0.2, 0.25) is 0 Å². The Morgan fingerprint density at radius 3 is 2.42 bits per heavy atom. The molecular weight excluding hydrogens is 258 g/mol. The molecule has 0 aliphatic carbocycles. The Hall–Kier alpha value is -1.13. The second kappa shape index (κ2) is 4.76. The molecule has 1 atom stereocenters. The lowest BCUT2D eigenvalue weighted by atomic mass is 9.91. The fourth-order valence-electron chi connectivity index (χ4n) is 2.58. The van der Waals surface area contributed by atoms with Crippen LogP contribution in [0.25, 0.3) is 0 Å². The summed E-state index contributed by atoms with van der Waals surface area (Å²) in [6.07, 6.45) is 2.56. The molecule has 104 valence electrons. The van der Waals surface area contributed by atoms with Crippen LogP contribution in [0.1, 0.15) is 25.8 Å². The summed E-state index contributed by atoms with van der Waals surface area (Å²) in [4.78, 5) is 0.364. The van der Waals surface area contributed by atoms with Gasteiger partial charge in [-0.25, -0.2) is 8.42 Å². The molecular formula is C15H21NO2S. The highest BCUT2D eigenvalue weighted by atomic mass is 32.2. The van der Waals surface area contributed by atoms with Crippen LogP contribution in [-0.4, -0.2) is 25.3 Å². The lowest BCUT2D eigenvalue weighted by Crippen LogP contribution is -2.35.